The first-order valence-corrected chi connectivity index (χ1v) is 10.0. The van der Waals surface area contributed by atoms with Crippen LogP contribution in [0.4, 0.5) is 10.6 Å². The molecule has 1 unspecified atom stereocenters. The summed E-state index contributed by atoms with van der Waals surface area (Å²) in [6.07, 6.45) is 1.85. The lowest BCUT2D eigenvalue weighted by Gasteiger charge is -2.33. The highest BCUT2D eigenvalue weighted by atomic mass is 16.2. The van der Waals surface area contributed by atoms with Gasteiger partial charge in [-0.05, 0) is 30.2 Å². The fourth-order valence-electron chi connectivity index (χ4n) is 3.41. The van der Waals surface area contributed by atoms with E-state index in [1.165, 1.54) is 0 Å². The molecule has 1 aliphatic rings. The van der Waals surface area contributed by atoms with E-state index in [2.05, 4.69) is 46.3 Å². The van der Waals surface area contributed by atoms with E-state index in [1.54, 1.807) is 0 Å². The van der Waals surface area contributed by atoms with E-state index in [0.717, 1.165) is 43.1 Å². The molecule has 6 nitrogen and oxygen atoms in total. The zero-order valence-corrected chi connectivity index (χ0v) is 17.1. The number of likely N-dealkylation sites (N-methyl/N-ethyl adjacent to an activating group) is 1. The summed E-state index contributed by atoms with van der Waals surface area (Å²) in [4.78, 5) is 21.6. The van der Waals surface area contributed by atoms with Crippen LogP contribution in [-0.4, -0.2) is 49.1 Å². The van der Waals surface area contributed by atoms with Crippen molar-refractivity contribution < 1.29 is 4.79 Å². The molecule has 2 N–H and O–H groups in total. The van der Waals surface area contributed by atoms with Crippen LogP contribution in [0.2, 0.25) is 0 Å². The highest BCUT2D eigenvalue weighted by Gasteiger charge is 2.18. The van der Waals surface area contributed by atoms with Crippen molar-refractivity contribution >= 4 is 11.8 Å². The van der Waals surface area contributed by atoms with Crippen LogP contribution in [0.1, 0.15) is 31.0 Å². The van der Waals surface area contributed by atoms with Crippen molar-refractivity contribution in [3.63, 3.8) is 0 Å². The number of anilines is 1. The Hall–Kier alpha value is -2.60. The Morgan fingerprint density at radius 3 is 2.39 bits per heavy atom. The molecule has 0 saturated carbocycles. The summed E-state index contributed by atoms with van der Waals surface area (Å²) in [6, 6.07) is 14.0. The number of carbonyl (C=O) groups is 1. The van der Waals surface area contributed by atoms with E-state index in [1.807, 2.05) is 48.7 Å². The summed E-state index contributed by atoms with van der Waals surface area (Å²) in [5.41, 5.74) is 2.11. The van der Waals surface area contributed by atoms with Gasteiger partial charge in [-0.15, -0.1) is 0 Å². The maximum absolute atomic E-state index is 12.4. The van der Waals surface area contributed by atoms with Gasteiger partial charge < -0.3 is 20.4 Å². The molecule has 28 heavy (non-hydrogen) atoms. The van der Waals surface area contributed by atoms with Gasteiger partial charge in [0.05, 0.1) is 6.04 Å². The summed E-state index contributed by atoms with van der Waals surface area (Å²) in [5.74, 6) is 1.31. The number of aromatic nitrogens is 1. The van der Waals surface area contributed by atoms with Gasteiger partial charge in [0, 0.05) is 38.9 Å². The van der Waals surface area contributed by atoms with E-state index in [0.29, 0.717) is 12.5 Å². The van der Waals surface area contributed by atoms with Crippen molar-refractivity contribution in [1.82, 2.24) is 20.5 Å². The molecule has 0 aliphatic carbocycles. The summed E-state index contributed by atoms with van der Waals surface area (Å²) in [7, 11) is 2.15. The van der Waals surface area contributed by atoms with Crippen LogP contribution in [0, 0.1) is 5.92 Å². The second kappa shape index (κ2) is 9.55. The quantitative estimate of drug-likeness (QED) is 0.807. The maximum Gasteiger partial charge on any atom is 0.315 e. The molecule has 150 valence electrons. The summed E-state index contributed by atoms with van der Waals surface area (Å²) < 4.78 is 0. The SMILES string of the molecule is CC(C)C(NC(=O)NCc1ccc(N2CCN(C)CC2)nc1)c1ccccc1. The monoisotopic (exact) mass is 381 g/mol. The number of urea groups is 1. The molecule has 6 heteroatoms. The van der Waals surface area contributed by atoms with Crippen LogP contribution >= 0.6 is 0 Å². The first kappa shape index (κ1) is 20.1. The van der Waals surface area contributed by atoms with Crippen LogP contribution in [-0.2, 0) is 6.54 Å². The molecule has 1 aromatic carbocycles. The van der Waals surface area contributed by atoms with Gasteiger partial charge >= 0.3 is 6.03 Å². The molecule has 0 radical (unpaired) electrons. The lowest BCUT2D eigenvalue weighted by atomic mass is 9.96. The van der Waals surface area contributed by atoms with E-state index < -0.39 is 0 Å². The van der Waals surface area contributed by atoms with E-state index >= 15 is 0 Å². The van der Waals surface area contributed by atoms with Crippen molar-refractivity contribution in [3.05, 3.63) is 59.8 Å². The second-order valence-corrected chi connectivity index (χ2v) is 7.77. The standard InChI is InChI=1S/C22H31N5O/c1-17(2)21(19-7-5-4-6-8-19)25-22(28)24-16-18-9-10-20(23-15-18)27-13-11-26(3)12-14-27/h4-10,15,17,21H,11-14,16H2,1-3H3,(H2,24,25,28). The zero-order valence-electron chi connectivity index (χ0n) is 17.1. The third kappa shape index (κ3) is 5.45. The first-order chi connectivity index (χ1) is 13.5. The topological polar surface area (TPSA) is 60.5 Å². The van der Waals surface area contributed by atoms with Crippen LogP contribution in [0.25, 0.3) is 0 Å². The molecular weight excluding hydrogens is 350 g/mol. The average molecular weight is 382 g/mol. The van der Waals surface area contributed by atoms with Gasteiger partial charge in [0.2, 0.25) is 0 Å². The fraction of sp³-hybridized carbons (Fsp3) is 0.455. The van der Waals surface area contributed by atoms with Gasteiger partial charge in [-0.25, -0.2) is 9.78 Å². The second-order valence-electron chi connectivity index (χ2n) is 7.77. The molecule has 1 aliphatic heterocycles. The van der Waals surface area contributed by atoms with Crippen LogP contribution < -0.4 is 15.5 Å². The van der Waals surface area contributed by atoms with Gasteiger partial charge in [-0.3, -0.25) is 0 Å². The lowest BCUT2D eigenvalue weighted by Crippen LogP contribution is -2.44. The number of piperazine rings is 1. The van der Waals surface area contributed by atoms with Crippen molar-refractivity contribution in [2.45, 2.75) is 26.4 Å². The minimum atomic E-state index is -0.161. The molecule has 2 amide bonds. The van der Waals surface area contributed by atoms with Crippen molar-refractivity contribution in [3.8, 4) is 0 Å². The smallest absolute Gasteiger partial charge is 0.315 e. The number of benzene rings is 1. The van der Waals surface area contributed by atoms with Crippen LogP contribution in [0.5, 0.6) is 0 Å². The molecular formula is C22H31N5O. The minimum absolute atomic E-state index is 0.0149. The summed E-state index contributed by atoms with van der Waals surface area (Å²) in [5, 5.41) is 6.04. The third-order valence-electron chi connectivity index (χ3n) is 5.20. The normalized spacial score (nSPS) is 16.1. The Balaban J connectivity index is 1.51. The van der Waals surface area contributed by atoms with Crippen molar-refractivity contribution in [1.29, 1.82) is 0 Å². The van der Waals surface area contributed by atoms with Gasteiger partial charge in [0.15, 0.2) is 0 Å². The average Bonchev–Trinajstić information content (AvgIpc) is 2.72. The number of hydrogen-bond acceptors (Lipinski definition) is 4. The summed E-state index contributed by atoms with van der Waals surface area (Å²) >= 11 is 0. The zero-order chi connectivity index (χ0) is 19.9. The number of pyridine rings is 1. The van der Waals surface area contributed by atoms with Gasteiger partial charge in [0.1, 0.15) is 5.82 Å². The predicted molar refractivity (Wildman–Crippen MR) is 113 cm³/mol. The molecule has 1 saturated heterocycles. The molecule has 2 heterocycles. The molecule has 3 rings (SSSR count). The molecule has 1 aromatic heterocycles. The number of rotatable bonds is 6. The number of nitrogens with zero attached hydrogens (tertiary/aromatic N) is 3. The number of nitrogens with one attached hydrogen (secondary N) is 2. The van der Waals surface area contributed by atoms with E-state index in [9.17, 15) is 4.79 Å². The molecule has 0 spiro atoms. The van der Waals surface area contributed by atoms with Gasteiger partial charge in [-0.2, -0.15) is 0 Å². The van der Waals surface area contributed by atoms with Gasteiger partial charge in [0.25, 0.3) is 0 Å². The van der Waals surface area contributed by atoms with Gasteiger partial charge in [-0.1, -0.05) is 50.2 Å². The first-order valence-electron chi connectivity index (χ1n) is 10.0. The van der Waals surface area contributed by atoms with Crippen LogP contribution in [0.15, 0.2) is 48.7 Å². The van der Waals surface area contributed by atoms with Crippen LogP contribution in [0.3, 0.4) is 0 Å². The van der Waals surface area contributed by atoms with E-state index in [-0.39, 0.29) is 12.1 Å². The van der Waals surface area contributed by atoms with Crippen molar-refractivity contribution in [2.75, 3.05) is 38.1 Å². The highest BCUT2D eigenvalue weighted by Crippen LogP contribution is 2.21. The highest BCUT2D eigenvalue weighted by molar-refractivity contribution is 5.74. The Morgan fingerprint density at radius 2 is 1.79 bits per heavy atom. The Bertz CT molecular complexity index is 739. The minimum Gasteiger partial charge on any atom is -0.354 e. The lowest BCUT2D eigenvalue weighted by molar-refractivity contribution is 0.232. The Morgan fingerprint density at radius 1 is 1.07 bits per heavy atom. The Kier molecular flexibility index (Phi) is 6.87. The molecule has 1 fully saturated rings. The predicted octanol–water partition coefficient (Wildman–Crippen LogP) is 3.03. The molecule has 2 aromatic rings. The number of amides is 2. The summed E-state index contributed by atoms with van der Waals surface area (Å²) in [6.45, 7) is 8.80. The molecule has 1 atom stereocenters. The largest absolute Gasteiger partial charge is 0.354 e. The van der Waals surface area contributed by atoms with Crippen molar-refractivity contribution in [2.24, 2.45) is 5.92 Å². The number of hydrogen-bond donors (Lipinski definition) is 2. The number of carbonyl (C=O) groups excluding carboxylic acids is 1. The third-order valence-corrected chi connectivity index (χ3v) is 5.20. The Labute approximate surface area is 167 Å². The van der Waals surface area contributed by atoms with E-state index in [4.69, 9.17) is 0 Å². The maximum atomic E-state index is 12.4. The molecule has 0 bridgehead atoms. The fourth-order valence-corrected chi connectivity index (χ4v) is 3.41.